The normalized spacial score (nSPS) is 11.1. The zero-order valence-electron chi connectivity index (χ0n) is 13.7. The van der Waals surface area contributed by atoms with Gasteiger partial charge < -0.3 is 14.8 Å². The van der Waals surface area contributed by atoms with Gasteiger partial charge in [-0.3, -0.25) is 4.72 Å². The molecule has 1 heterocycles. The third-order valence-corrected chi connectivity index (χ3v) is 4.54. The van der Waals surface area contributed by atoms with E-state index in [-0.39, 0.29) is 10.7 Å². The van der Waals surface area contributed by atoms with Gasteiger partial charge in [-0.15, -0.1) is 10.2 Å². The number of benzene rings is 1. The third-order valence-electron chi connectivity index (χ3n) is 3.19. The van der Waals surface area contributed by atoms with Crippen molar-refractivity contribution in [3.05, 3.63) is 35.9 Å². The summed E-state index contributed by atoms with van der Waals surface area (Å²) in [5.74, 6) is 1.30. The number of aryl methyl sites for hydroxylation is 1. The lowest BCUT2D eigenvalue weighted by atomic mass is 10.2. The van der Waals surface area contributed by atoms with Crippen molar-refractivity contribution in [3.63, 3.8) is 0 Å². The first-order valence-electron chi connectivity index (χ1n) is 7.20. The molecule has 2 aromatic rings. The van der Waals surface area contributed by atoms with E-state index in [0.29, 0.717) is 24.7 Å². The number of hydrogen-bond acceptors (Lipinski definition) is 7. The second-order valence-corrected chi connectivity index (χ2v) is 6.64. The Bertz CT molecular complexity index is 779. The van der Waals surface area contributed by atoms with Crippen LogP contribution in [0, 0.1) is 6.92 Å². The fourth-order valence-corrected chi connectivity index (χ4v) is 3.06. The number of nitrogens with zero attached hydrogens (tertiary/aromatic N) is 2. The molecular weight excluding hydrogens is 332 g/mol. The van der Waals surface area contributed by atoms with Gasteiger partial charge in [0.25, 0.3) is 10.0 Å². The van der Waals surface area contributed by atoms with E-state index in [0.717, 1.165) is 5.56 Å². The summed E-state index contributed by atoms with van der Waals surface area (Å²) in [7, 11) is -0.605. The van der Waals surface area contributed by atoms with Gasteiger partial charge in [0, 0.05) is 13.7 Å². The molecule has 0 radical (unpaired) electrons. The van der Waals surface area contributed by atoms with Gasteiger partial charge >= 0.3 is 0 Å². The van der Waals surface area contributed by atoms with Crippen molar-refractivity contribution >= 4 is 21.7 Å². The van der Waals surface area contributed by atoms with E-state index in [1.807, 2.05) is 0 Å². The summed E-state index contributed by atoms with van der Waals surface area (Å²) in [6.45, 7) is 2.90. The predicted molar refractivity (Wildman–Crippen MR) is 90.9 cm³/mol. The zero-order chi connectivity index (χ0) is 17.6. The Kier molecular flexibility index (Phi) is 5.93. The number of anilines is 2. The molecule has 9 heteroatoms. The van der Waals surface area contributed by atoms with E-state index >= 15 is 0 Å². The van der Waals surface area contributed by atoms with Crippen LogP contribution in [0.1, 0.15) is 5.56 Å². The minimum Gasteiger partial charge on any atom is -0.496 e. The maximum atomic E-state index is 12.4. The fraction of sp³-hybridized carbons (Fsp3) is 0.333. The van der Waals surface area contributed by atoms with E-state index in [1.165, 1.54) is 25.3 Å². The molecule has 0 spiro atoms. The standard InChI is InChI=1S/C15H20N4O4S/c1-11-10-12(4-5-13(11)23-3)24(20,21)19-15-7-6-14(17-18-15)16-8-9-22-2/h4-7,10H,8-9H2,1-3H3,(H,16,17)(H,18,19). The van der Waals surface area contributed by atoms with E-state index in [4.69, 9.17) is 9.47 Å². The van der Waals surface area contributed by atoms with Crippen molar-refractivity contribution < 1.29 is 17.9 Å². The summed E-state index contributed by atoms with van der Waals surface area (Å²) in [4.78, 5) is 0.130. The summed E-state index contributed by atoms with van der Waals surface area (Å²) in [5, 5.41) is 10.8. The molecule has 0 aliphatic carbocycles. The van der Waals surface area contributed by atoms with Crippen LogP contribution < -0.4 is 14.8 Å². The summed E-state index contributed by atoms with van der Waals surface area (Å²) >= 11 is 0. The van der Waals surface area contributed by atoms with E-state index in [1.54, 1.807) is 26.2 Å². The van der Waals surface area contributed by atoms with Crippen molar-refractivity contribution in [2.75, 3.05) is 37.4 Å². The van der Waals surface area contributed by atoms with E-state index in [9.17, 15) is 8.42 Å². The van der Waals surface area contributed by atoms with Crippen molar-refractivity contribution in [3.8, 4) is 5.75 Å². The Morgan fingerprint density at radius 3 is 2.38 bits per heavy atom. The van der Waals surface area contributed by atoms with Crippen molar-refractivity contribution in [1.82, 2.24) is 10.2 Å². The van der Waals surface area contributed by atoms with Crippen LogP contribution in [-0.4, -0.2) is 46.0 Å². The van der Waals surface area contributed by atoms with Crippen molar-refractivity contribution in [2.24, 2.45) is 0 Å². The van der Waals surface area contributed by atoms with Gasteiger partial charge in [0.1, 0.15) is 11.6 Å². The first-order chi connectivity index (χ1) is 11.5. The average molecular weight is 352 g/mol. The summed E-state index contributed by atoms with van der Waals surface area (Å²) in [5.41, 5.74) is 0.726. The molecule has 130 valence electrons. The largest absolute Gasteiger partial charge is 0.496 e. The van der Waals surface area contributed by atoms with E-state index in [2.05, 4.69) is 20.2 Å². The molecule has 0 bridgehead atoms. The van der Waals surface area contributed by atoms with Gasteiger partial charge in [0.2, 0.25) is 0 Å². The lowest BCUT2D eigenvalue weighted by Gasteiger charge is -2.10. The summed E-state index contributed by atoms with van der Waals surface area (Å²) < 4.78 is 37.2. The molecule has 0 saturated heterocycles. The molecule has 0 amide bonds. The molecule has 0 unspecified atom stereocenters. The summed E-state index contributed by atoms with van der Waals surface area (Å²) in [6, 6.07) is 7.80. The minimum absolute atomic E-state index is 0.130. The lowest BCUT2D eigenvalue weighted by molar-refractivity contribution is 0.210. The number of sulfonamides is 1. The molecule has 2 N–H and O–H groups in total. The van der Waals surface area contributed by atoms with Crippen LogP contribution in [0.4, 0.5) is 11.6 Å². The Hall–Kier alpha value is -2.39. The number of rotatable bonds is 8. The Morgan fingerprint density at radius 1 is 1.08 bits per heavy atom. The molecule has 8 nitrogen and oxygen atoms in total. The van der Waals surface area contributed by atoms with Gasteiger partial charge in [0.05, 0.1) is 18.6 Å². The van der Waals surface area contributed by atoms with Crippen LogP contribution in [0.2, 0.25) is 0 Å². The molecule has 0 saturated carbocycles. The highest BCUT2D eigenvalue weighted by Gasteiger charge is 2.16. The van der Waals surface area contributed by atoms with Crippen molar-refractivity contribution in [1.29, 1.82) is 0 Å². The fourth-order valence-electron chi connectivity index (χ4n) is 1.98. The molecule has 0 atom stereocenters. The van der Waals surface area contributed by atoms with Gasteiger partial charge in [-0.2, -0.15) is 0 Å². The molecule has 0 aliphatic heterocycles. The molecule has 0 fully saturated rings. The first kappa shape index (κ1) is 18.0. The first-order valence-corrected chi connectivity index (χ1v) is 8.68. The predicted octanol–water partition coefficient (Wildman–Crippen LogP) is 1.65. The second-order valence-electron chi connectivity index (χ2n) is 4.96. The van der Waals surface area contributed by atoms with Crippen molar-refractivity contribution in [2.45, 2.75) is 11.8 Å². The topological polar surface area (TPSA) is 102 Å². The average Bonchev–Trinajstić information content (AvgIpc) is 2.56. The zero-order valence-corrected chi connectivity index (χ0v) is 14.6. The smallest absolute Gasteiger partial charge is 0.263 e. The van der Waals surface area contributed by atoms with E-state index < -0.39 is 10.0 Å². The maximum Gasteiger partial charge on any atom is 0.263 e. The van der Waals surface area contributed by atoms with Gasteiger partial charge in [0.15, 0.2) is 5.82 Å². The van der Waals surface area contributed by atoms with Crippen LogP contribution in [0.3, 0.4) is 0 Å². The lowest BCUT2D eigenvalue weighted by Crippen LogP contribution is -2.15. The summed E-state index contributed by atoms with van der Waals surface area (Å²) in [6.07, 6.45) is 0. The highest BCUT2D eigenvalue weighted by molar-refractivity contribution is 7.92. The molecule has 2 rings (SSSR count). The Balaban J connectivity index is 2.10. The highest BCUT2D eigenvalue weighted by atomic mass is 32.2. The van der Waals surface area contributed by atoms with Gasteiger partial charge in [-0.1, -0.05) is 0 Å². The molecule has 0 aliphatic rings. The van der Waals surface area contributed by atoms with Crippen LogP contribution in [0.5, 0.6) is 5.75 Å². The Morgan fingerprint density at radius 2 is 1.79 bits per heavy atom. The number of methoxy groups -OCH3 is 2. The van der Waals surface area contributed by atoms with Crippen LogP contribution in [0.15, 0.2) is 35.2 Å². The SMILES string of the molecule is COCCNc1ccc(NS(=O)(=O)c2ccc(OC)c(C)c2)nn1. The molecule has 24 heavy (non-hydrogen) atoms. The van der Waals surface area contributed by atoms with Crippen LogP contribution in [0.25, 0.3) is 0 Å². The monoisotopic (exact) mass is 352 g/mol. The number of hydrogen-bond donors (Lipinski definition) is 2. The van der Waals surface area contributed by atoms with Crippen LogP contribution >= 0.6 is 0 Å². The number of aromatic nitrogens is 2. The maximum absolute atomic E-state index is 12.4. The van der Waals surface area contributed by atoms with Gasteiger partial charge in [-0.25, -0.2) is 8.42 Å². The number of ether oxygens (including phenoxy) is 2. The molecule has 1 aromatic carbocycles. The number of nitrogens with one attached hydrogen (secondary N) is 2. The second kappa shape index (κ2) is 7.93. The quantitative estimate of drug-likeness (QED) is 0.696. The molecule has 1 aromatic heterocycles. The Labute approximate surface area is 141 Å². The van der Waals surface area contributed by atoms with Gasteiger partial charge in [-0.05, 0) is 42.8 Å². The third kappa shape index (κ3) is 4.56. The van der Waals surface area contributed by atoms with Crippen LogP contribution in [-0.2, 0) is 14.8 Å². The highest BCUT2D eigenvalue weighted by Crippen LogP contribution is 2.22. The minimum atomic E-state index is -3.74. The molecular formula is C15H20N4O4S.